The average Bonchev–Trinajstić information content (AvgIpc) is 2.92. The minimum absolute atomic E-state index is 0.0410. The number of hydrogen-bond acceptors (Lipinski definition) is 3. The van der Waals surface area contributed by atoms with Crippen LogP contribution in [0.25, 0.3) is 17.2 Å². The molecular formula is C22H20FNO4S. The molecule has 0 aliphatic heterocycles. The number of nitrogens with one attached hydrogen (secondary N) is 1. The van der Waals surface area contributed by atoms with Gasteiger partial charge in [-0.3, -0.25) is 9.59 Å². The number of benzene rings is 2. The molecule has 7 heteroatoms. The molecule has 2 aromatic carbocycles. The first-order chi connectivity index (χ1) is 13.8. The van der Waals surface area contributed by atoms with Gasteiger partial charge in [-0.2, -0.15) is 0 Å². The Labute approximate surface area is 171 Å². The molecule has 1 atom stereocenters. The summed E-state index contributed by atoms with van der Waals surface area (Å²) >= 11 is -1.06. The maximum absolute atomic E-state index is 13.9. The van der Waals surface area contributed by atoms with Crippen LogP contribution in [0.3, 0.4) is 0 Å². The van der Waals surface area contributed by atoms with E-state index >= 15 is 0 Å². The van der Waals surface area contributed by atoms with Crippen LogP contribution in [0.5, 0.6) is 0 Å². The zero-order chi connectivity index (χ0) is 21.1. The van der Waals surface area contributed by atoms with Crippen molar-refractivity contribution >= 4 is 40.3 Å². The van der Waals surface area contributed by atoms with Gasteiger partial charge in [0, 0.05) is 0 Å². The summed E-state index contributed by atoms with van der Waals surface area (Å²) in [7, 11) is 0. The van der Waals surface area contributed by atoms with Crippen molar-refractivity contribution in [2.24, 2.45) is 0 Å². The highest BCUT2D eigenvalue weighted by atomic mass is 32.2. The number of hydrogen-bond donors (Lipinski definition) is 2. The van der Waals surface area contributed by atoms with E-state index in [0.29, 0.717) is 11.1 Å². The molecule has 0 fully saturated rings. The van der Waals surface area contributed by atoms with Gasteiger partial charge in [0.1, 0.15) is 18.6 Å². The summed E-state index contributed by atoms with van der Waals surface area (Å²) in [5, 5.41) is 11.1. The summed E-state index contributed by atoms with van der Waals surface area (Å²) in [6, 6.07) is 11.7. The van der Waals surface area contributed by atoms with Gasteiger partial charge < -0.3 is 15.0 Å². The zero-order valence-electron chi connectivity index (χ0n) is 16.0. The molecule has 29 heavy (non-hydrogen) atoms. The molecule has 0 radical (unpaired) electrons. The van der Waals surface area contributed by atoms with Gasteiger partial charge in [0.05, 0.1) is 6.42 Å². The second-order valence-electron chi connectivity index (χ2n) is 6.72. The van der Waals surface area contributed by atoms with E-state index < -0.39 is 35.4 Å². The molecule has 3 rings (SSSR count). The molecule has 2 N–H and O–H groups in total. The van der Waals surface area contributed by atoms with Gasteiger partial charge in [0.15, 0.2) is 4.90 Å². The molecule has 0 bridgehead atoms. The smallest absolute Gasteiger partial charge is 0.322 e. The molecule has 0 spiro atoms. The van der Waals surface area contributed by atoms with Gasteiger partial charge in [0.25, 0.3) is 0 Å². The Bertz CT molecular complexity index is 1030. The number of allylic oxidation sites excluding steroid dienone is 2. The molecule has 150 valence electrons. The Morgan fingerprint density at radius 2 is 1.86 bits per heavy atom. The number of amides is 1. The Kier molecular flexibility index (Phi) is 6.20. The van der Waals surface area contributed by atoms with Crippen molar-refractivity contribution in [3.63, 3.8) is 0 Å². The first-order valence-electron chi connectivity index (χ1n) is 8.90. The highest BCUT2D eigenvalue weighted by Crippen LogP contribution is 2.43. The molecule has 0 saturated heterocycles. The van der Waals surface area contributed by atoms with Crippen LogP contribution < -0.4 is 5.32 Å². The zero-order valence-corrected chi connectivity index (χ0v) is 16.8. The van der Waals surface area contributed by atoms with Crippen LogP contribution in [0.2, 0.25) is 0 Å². The molecule has 1 aliphatic carbocycles. The van der Waals surface area contributed by atoms with Crippen LogP contribution in [-0.4, -0.2) is 34.3 Å². The van der Waals surface area contributed by atoms with Crippen LogP contribution in [0.4, 0.5) is 4.39 Å². The summed E-state index contributed by atoms with van der Waals surface area (Å²) in [5.41, 5.74) is 4.70. The number of aliphatic carboxylic acids is 1. The van der Waals surface area contributed by atoms with Crippen molar-refractivity contribution < 1.29 is 23.6 Å². The lowest BCUT2D eigenvalue weighted by Crippen LogP contribution is -2.29. The van der Waals surface area contributed by atoms with Crippen LogP contribution in [0.1, 0.15) is 30.0 Å². The van der Waals surface area contributed by atoms with Crippen molar-refractivity contribution in [3.8, 4) is 0 Å². The minimum atomic E-state index is -1.13. The predicted molar refractivity (Wildman–Crippen MR) is 111 cm³/mol. The number of halogens is 1. The van der Waals surface area contributed by atoms with Gasteiger partial charge in [0.2, 0.25) is 5.91 Å². The summed E-state index contributed by atoms with van der Waals surface area (Å²) in [4.78, 5) is 23.6. The summed E-state index contributed by atoms with van der Waals surface area (Å²) in [6.45, 7) is 1.40. The quantitative estimate of drug-likeness (QED) is 0.710. The minimum Gasteiger partial charge on any atom is -0.612 e. The third kappa shape index (κ3) is 4.75. The molecule has 1 amide bonds. The first kappa shape index (κ1) is 20.8. The lowest BCUT2D eigenvalue weighted by molar-refractivity contribution is -0.137. The molecule has 0 heterocycles. The third-order valence-corrected chi connectivity index (χ3v) is 5.69. The molecule has 0 aromatic heterocycles. The van der Waals surface area contributed by atoms with Crippen LogP contribution in [0, 0.1) is 5.82 Å². The van der Waals surface area contributed by atoms with E-state index in [1.807, 2.05) is 25.1 Å². The third-order valence-electron chi connectivity index (χ3n) is 4.75. The van der Waals surface area contributed by atoms with Gasteiger partial charge in [-0.25, -0.2) is 4.39 Å². The van der Waals surface area contributed by atoms with E-state index in [4.69, 9.17) is 5.11 Å². The Balaban J connectivity index is 1.98. The normalized spacial score (nSPS) is 15.4. The van der Waals surface area contributed by atoms with Crippen LogP contribution >= 0.6 is 0 Å². The Hall–Kier alpha value is -2.90. The SMILES string of the molecule is CC1=C(CC(=O)NCC(=O)O)c2cc(F)ccc2C1=Cc1ccc([S+](C)[O-])cc1. The topological polar surface area (TPSA) is 89.5 Å². The fourth-order valence-corrected chi connectivity index (χ4v) is 3.82. The van der Waals surface area contributed by atoms with Crippen molar-refractivity contribution in [2.75, 3.05) is 12.8 Å². The van der Waals surface area contributed by atoms with E-state index in [0.717, 1.165) is 27.2 Å². The van der Waals surface area contributed by atoms with Gasteiger partial charge in [-0.15, -0.1) is 0 Å². The number of fused-ring (bicyclic) bond motifs is 1. The lowest BCUT2D eigenvalue weighted by atomic mass is 10.0. The molecule has 1 unspecified atom stereocenters. The molecular weight excluding hydrogens is 393 g/mol. The highest BCUT2D eigenvalue weighted by molar-refractivity contribution is 7.90. The number of rotatable bonds is 6. The predicted octanol–water partition coefficient (Wildman–Crippen LogP) is 3.48. The number of carbonyl (C=O) groups excluding carboxylic acids is 1. The van der Waals surface area contributed by atoms with Crippen molar-refractivity contribution in [1.29, 1.82) is 0 Å². The fraction of sp³-hybridized carbons (Fsp3) is 0.182. The number of carbonyl (C=O) groups is 2. The number of carboxylic acid groups (broad SMARTS) is 1. The van der Waals surface area contributed by atoms with E-state index in [1.165, 1.54) is 12.1 Å². The van der Waals surface area contributed by atoms with Crippen molar-refractivity contribution in [1.82, 2.24) is 5.32 Å². The van der Waals surface area contributed by atoms with E-state index in [-0.39, 0.29) is 6.42 Å². The number of carboxylic acids is 1. The standard InChI is InChI=1S/C22H20FNO4S/c1-13-18(9-14-3-6-16(7-4-14)29(2)28)17-8-5-15(23)10-20(17)19(13)11-21(25)24-12-22(26)27/h3-10H,11-12H2,1-2H3,(H,24,25)(H,26,27). The largest absolute Gasteiger partial charge is 0.612 e. The maximum Gasteiger partial charge on any atom is 0.322 e. The molecule has 5 nitrogen and oxygen atoms in total. The van der Waals surface area contributed by atoms with Crippen LogP contribution in [-0.2, 0) is 20.8 Å². The highest BCUT2D eigenvalue weighted by Gasteiger charge is 2.25. The molecule has 1 aliphatic rings. The Morgan fingerprint density at radius 1 is 1.17 bits per heavy atom. The lowest BCUT2D eigenvalue weighted by Gasteiger charge is -2.07. The van der Waals surface area contributed by atoms with Gasteiger partial charge >= 0.3 is 5.97 Å². The van der Waals surface area contributed by atoms with Crippen molar-refractivity contribution in [2.45, 2.75) is 18.2 Å². The van der Waals surface area contributed by atoms with Gasteiger partial charge in [-0.1, -0.05) is 6.07 Å². The van der Waals surface area contributed by atoms with Crippen LogP contribution in [0.15, 0.2) is 52.9 Å². The summed E-state index contributed by atoms with van der Waals surface area (Å²) in [6.07, 6.45) is 3.51. The van der Waals surface area contributed by atoms with Gasteiger partial charge in [-0.05, 0) is 94.0 Å². The second kappa shape index (κ2) is 8.63. The summed E-state index contributed by atoms with van der Waals surface area (Å²) in [5.74, 6) is -1.97. The first-order valence-corrected chi connectivity index (χ1v) is 10.5. The summed E-state index contributed by atoms with van der Waals surface area (Å²) < 4.78 is 25.4. The fourth-order valence-electron chi connectivity index (χ4n) is 3.30. The second-order valence-corrected chi connectivity index (χ2v) is 8.10. The molecule has 2 aromatic rings. The van der Waals surface area contributed by atoms with Crippen molar-refractivity contribution in [3.05, 3.63) is 70.5 Å². The average molecular weight is 413 g/mol. The molecule has 0 saturated carbocycles. The van der Waals surface area contributed by atoms with E-state index in [9.17, 15) is 18.5 Å². The maximum atomic E-state index is 13.9. The van der Waals surface area contributed by atoms with E-state index in [2.05, 4.69) is 5.32 Å². The van der Waals surface area contributed by atoms with E-state index in [1.54, 1.807) is 24.5 Å². The Morgan fingerprint density at radius 3 is 2.48 bits per heavy atom. The monoisotopic (exact) mass is 413 g/mol.